The minimum atomic E-state index is 0.00987. The number of amides is 2. The number of hydrogen-bond acceptors (Lipinski definition) is 3. The third-order valence-electron chi connectivity index (χ3n) is 3.05. The molecule has 1 rings (SSSR count). The first kappa shape index (κ1) is 15.0. The molecular weight excluding hydrogens is 232 g/mol. The van der Waals surface area contributed by atoms with E-state index in [2.05, 4.69) is 0 Å². The van der Waals surface area contributed by atoms with E-state index < -0.39 is 0 Å². The highest BCUT2D eigenvalue weighted by Crippen LogP contribution is 2.09. The van der Waals surface area contributed by atoms with Crippen molar-refractivity contribution in [3.8, 4) is 0 Å². The van der Waals surface area contributed by atoms with E-state index in [-0.39, 0.29) is 18.4 Å². The van der Waals surface area contributed by atoms with Gasteiger partial charge in [0.1, 0.15) is 6.61 Å². The Labute approximate surface area is 109 Å². The second-order valence-corrected chi connectivity index (χ2v) is 5.15. The van der Waals surface area contributed by atoms with Gasteiger partial charge in [-0.2, -0.15) is 0 Å². The molecule has 0 N–H and O–H groups in total. The van der Waals surface area contributed by atoms with Crippen LogP contribution >= 0.6 is 0 Å². The summed E-state index contributed by atoms with van der Waals surface area (Å²) in [6, 6.07) is 0. The Morgan fingerprint density at radius 3 is 2.11 bits per heavy atom. The van der Waals surface area contributed by atoms with E-state index in [0.29, 0.717) is 32.0 Å². The fourth-order valence-electron chi connectivity index (χ4n) is 2.11. The third-order valence-corrected chi connectivity index (χ3v) is 3.05. The maximum atomic E-state index is 12.0. The number of carbonyl (C=O) groups is 2. The summed E-state index contributed by atoms with van der Waals surface area (Å²) >= 11 is 0. The van der Waals surface area contributed by atoms with E-state index in [0.717, 1.165) is 13.0 Å². The SMILES string of the molecule is COCC(=O)N1CCCN(C(=O)CC(C)C)CC1. The van der Waals surface area contributed by atoms with Crippen LogP contribution in [0.4, 0.5) is 0 Å². The lowest BCUT2D eigenvalue weighted by Gasteiger charge is -2.22. The van der Waals surface area contributed by atoms with Crippen LogP contribution in [0, 0.1) is 5.92 Å². The summed E-state index contributed by atoms with van der Waals surface area (Å²) in [6.07, 6.45) is 1.44. The molecule has 0 aromatic rings. The maximum absolute atomic E-state index is 12.0. The molecule has 5 heteroatoms. The number of ether oxygens (including phenoxy) is 1. The topological polar surface area (TPSA) is 49.9 Å². The van der Waals surface area contributed by atoms with Gasteiger partial charge in [0.15, 0.2) is 0 Å². The van der Waals surface area contributed by atoms with Gasteiger partial charge >= 0.3 is 0 Å². The van der Waals surface area contributed by atoms with Crippen molar-refractivity contribution in [2.75, 3.05) is 39.9 Å². The highest BCUT2D eigenvalue weighted by atomic mass is 16.5. The largest absolute Gasteiger partial charge is 0.375 e. The summed E-state index contributed by atoms with van der Waals surface area (Å²) in [7, 11) is 1.52. The lowest BCUT2D eigenvalue weighted by molar-refractivity contribution is -0.136. The lowest BCUT2D eigenvalue weighted by Crippen LogP contribution is -2.38. The van der Waals surface area contributed by atoms with E-state index in [1.165, 1.54) is 7.11 Å². The highest BCUT2D eigenvalue weighted by molar-refractivity contribution is 5.78. The van der Waals surface area contributed by atoms with Gasteiger partial charge in [-0.25, -0.2) is 0 Å². The fourth-order valence-corrected chi connectivity index (χ4v) is 2.11. The van der Waals surface area contributed by atoms with Gasteiger partial charge in [-0.05, 0) is 12.3 Å². The van der Waals surface area contributed by atoms with Crippen LogP contribution in [-0.4, -0.2) is 61.5 Å². The Morgan fingerprint density at radius 2 is 1.61 bits per heavy atom. The zero-order valence-corrected chi connectivity index (χ0v) is 11.6. The maximum Gasteiger partial charge on any atom is 0.248 e. The second kappa shape index (κ2) is 7.36. The molecule has 18 heavy (non-hydrogen) atoms. The molecule has 1 heterocycles. The van der Waals surface area contributed by atoms with Crippen molar-refractivity contribution in [1.82, 2.24) is 9.80 Å². The molecule has 1 fully saturated rings. The van der Waals surface area contributed by atoms with Crippen LogP contribution in [0.2, 0.25) is 0 Å². The molecule has 1 saturated heterocycles. The van der Waals surface area contributed by atoms with Crippen LogP contribution in [0.3, 0.4) is 0 Å². The van der Waals surface area contributed by atoms with Gasteiger partial charge in [-0.3, -0.25) is 9.59 Å². The number of hydrogen-bond donors (Lipinski definition) is 0. The van der Waals surface area contributed by atoms with E-state index in [9.17, 15) is 9.59 Å². The van der Waals surface area contributed by atoms with Crippen molar-refractivity contribution < 1.29 is 14.3 Å². The first-order valence-electron chi connectivity index (χ1n) is 6.59. The molecule has 0 saturated carbocycles. The Morgan fingerprint density at radius 1 is 1.06 bits per heavy atom. The third kappa shape index (κ3) is 4.64. The van der Waals surface area contributed by atoms with Gasteiger partial charge in [0.25, 0.3) is 0 Å². The van der Waals surface area contributed by atoms with E-state index in [1.807, 2.05) is 18.7 Å². The van der Waals surface area contributed by atoms with E-state index in [1.54, 1.807) is 4.90 Å². The number of methoxy groups -OCH3 is 1. The van der Waals surface area contributed by atoms with Gasteiger partial charge < -0.3 is 14.5 Å². The highest BCUT2D eigenvalue weighted by Gasteiger charge is 2.21. The zero-order chi connectivity index (χ0) is 13.5. The molecule has 0 radical (unpaired) electrons. The van der Waals surface area contributed by atoms with Crippen LogP contribution in [-0.2, 0) is 14.3 Å². The Kier molecular flexibility index (Phi) is 6.12. The molecule has 5 nitrogen and oxygen atoms in total. The quantitative estimate of drug-likeness (QED) is 0.745. The average Bonchev–Trinajstić information content (AvgIpc) is 2.53. The summed E-state index contributed by atoms with van der Waals surface area (Å²) in [5.74, 6) is 0.591. The second-order valence-electron chi connectivity index (χ2n) is 5.15. The Balaban J connectivity index is 2.45. The lowest BCUT2D eigenvalue weighted by atomic mass is 10.1. The van der Waals surface area contributed by atoms with Crippen molar-refractivity contribution in [2.24, 2.45) is 5.92 Å². The van der Waals surface area contributed by atoms with Crippen LogP contribution < -0.4 is 0 Å². The summed E-state index contributed by atoms with van der Waals surface area (Å²) < 4.78 is 4.85. The molecule has 2 amide bonds. The van der Waals surface area contributed by atoms with Crippen LogP contribution in [0.15, 0.2) is 0 Å². The first-order valence-corrected chi connectivity index (χ1v) is 6.59. The van der Waals surface area contributed by atoms with E-state index in [4.69, 9.17) is 4.74 Å². The standard InChI is InChI=1S/C13H24N2O3/c1-11(2)9-12(16)14-5-4-6-15(8-7-14)13(17)10-18-3/h11H,4-10H2,1-3H3. The normalized spacial score (nSPS) is 16.9. The smallest absolute Gasteiger partial charge is 0.248 e. The zero-order valence-electron chi connectivity index (χ0n) is 11.6. The molecule has 0 aromatic carbocycles. The van der Waals surface area contributed by atoms with Crippen LogP contribution in [0.1, 0.15) is 26.7 Å². The molecule has 1 aliphatic rings. The number of rotatable bonds is 4. The van der Waals surface area contributed by atoms with Crippen molar-refractivity contribution in [3.05, 3.63) is 0 Å². The van der Waals surface area contributed by atoms with Crippen molar-refractivity contribution in [1.29, 1.82) is 0 Å². The van der Waals surface area contributed by atoms with Gasteiger partial charge in [0, 0.05) is 39.7 Å². The molecule has 0 aliphatic carbocycles. The van der Waals surface area contributed by atoms with Gasteiger partial charge in [0.05, 0.1) is 0 Å². The molecule has 0 atom stereocenters. The van der Waals surface area contributed by atoms with Gasteiger partial charge in [-0.1, -0.05) is 13.8 Å². The van der Waals surface area contributed by atoms with Gasteiger partial charge in [0.2, 0.25) is 11.8 Å². The summed E-state index contributed by atoms with van der Waals surface area (Å²) in [5, 5.41) is 0. The van der Waals surface area contributed by atoms with Crippen molar-refractivity contribution >= 4 is 11.8 Å². The molecule has 0 spiro atoms. The molecule has 1 aliphatic heterocycles. The minimum Gasteiger partial charge on any atom is -0.375 e. The monoisotopic (exact) mass is 256 g/mol. The predicted molar refractivity (Wildman–Crippen MR) is 69.1 cm³/mol. The minimum absolute atomic E-state index is 0.00987. The summed E-state index contributed by atoms with van der Waals surface area (Å²) in [5.41, 5.74) is 0. The van der Waals surface area contributed by atoms with Crippen molar-refractivity contribution in [3.63, 3.8) is 0 Å². The molecule has 0 bridgehead atoms. The number of carbonyl (C=O) groups excluding carboxylic acids is 2. The molecule has 0 aromatic heterocycles. The predicted octanol–water partition coefficient (Wildman–Crippen LogP) is 0.740. The molecule has 104 valence electrons. The number of nitrogens with zero attached hydrogens (tertiary/aromatic N) is 2. The van der Waals surface area contributed by atoms with Crippen LogP contribution in [0.25, 0.3) is 0 Å². The summed E-state index contributed by atoms with van der Waals surface area (Å²) in [6.45, 7) is 6.94. The Bertz CT molecular complexity index is 292. The molecular formula is C13H24N2O3. The molecule has 0 unspecified atom stereocenters. The summed E-state index contributed by atoms with van der Waals surface area (Å²) in [4.78, 5) is 27.3. The van der Waals surface area contributed by atoms with Gasteiger partial charge in [-0.15, -0.1) is 0 Å². The van der Waals surface area contributed by atoms with Crippen molar-refractivity contribution in [2.45, 2.75) is 26.7 Å². The Hall–Kier alpha value is -1.10. The first-order chi connectivity index (χ1) is 8.54. The van der Waals surface area contributed by atoms with Crippen LogP contribution in [0.5, 0.6) is 0 Å². The van der Waals surface area contributed by atoms with E-state index >= 15 is 0 Å². The fraction of sp³-hybridized carbons (Fsp3) is 0.846. The average molecular weight is 256 g/mol.